The molecule has 1 aromatic carbocycles. The zero-order chi connectivity index (χ0) is 21.6. The van der Waals surface area contributed by atoms with E-state index in [0.717, 1.165) is 30.9 Å². The summed E-state index contributed by atoms with van der Waals surface area (Å²) < 4.78 is 28.1. The molecule has 5 nitrogen and oxygen atoms in total. The summed E-state index contributed by atoms with van der Waals surface area (Å²) in [6, 6.07) is 3.49. The molecule has 1 unspecified atom stereocenters. The third-order valence-corrected chi connectivity index (χ3v) is 6.12. The molecule has 7 heteroatoms. The number of nitrogens with zero attached hydrogens (tertiary/aromatic N) is 2. The van der Waals surface area contributed by atoms with Gasteiger partial charge in [-0.1, -0.05) is 0 Å². The van der Waals surface area contributed by atoms with Gasteiger partial charge in [0.1, 0.15) is 11.6 Å². The average molecular weight is 415 g/mol. The highest BCUT2D eigenvalue weighted by atomic mass is 19.1. The van der Waals surface area contributed by atoms with E-state index in [-0.39, 0.29) is 17.6 Å². The van der Waals surface area contributed by atoms with Gasteiger partial charge in [-0.05, 0) is 69.2 Å². The zero-order valence-electron chi connectivity index (χ0n) is 17.6. The monoisotopic (exact) mass is 414 g/mol. The van der Waals surface area contributed by atoms with Crippen molar-refractivity contribution in [3.63, 3.8) is 0 Å². The normalized spacial score (nSPS) is 22.3. The van der Waals surface area contributed by atoms with Gasteiger partial charge in [-0.25, -0.2) is 13.8 Å². The Bertz CT molecular complexity index is 967. The molecule has 1 saturated heterocycles. The minimum Gasteiger partial charge on any atom is -0.367 e. The number of aryl methyl sites for hydroxylation is 1. The van der Waals surface area contributed by atoms with Crippen LogP contribution in [0, 0.1) is 24.5 Å². The lowest BCUT2D eigenvalue weighted by molar-refractivity contribution is 0.0931. The molecule has 2 fully saturated rings. The fourth-order valence-electron chi connectivity index (χ4n) is 4.29. The molecular weight excluding hydrogens is 386 g/mol. The van der Waals surface area contributed by atoms with Crippen LogP contribution in [-0.4, -0.2) is 35.6 Å². The largest absolute Gasteiger partial charge is 0.367 e. The molecule has 1 aliphatic heterocycles. The van der Waals surface area contributed by atoms with Crippen molar-refractivity contribution in [1.82, 2.24) is 10.3 Å². The van der Waals surface area contributed by atoms with E-state index in [0.29, 0.717) is 35.8 Å². The predicted octanol–water partition coefficient (Wildman–Crippen LogP) is 3.79. The van der Waals surface area contributed by atoms with E-state index in [4.69, 9.17) is 5.73 Å². The molecule has 160 valence electrons. The molecule has 0 spiro atoms. The van der Waals surface area contributed by atoms with Crippen molar-refractivity contribution in [2.75, 3.05) is 18.0 Å². The summed E-state index contributed by atoms with van der Waals surface area (Å²) in [7, 11) is 0. The molecule has 4 rings (SSSR count). The van der Waals surface area contributed by atoms with E-state index < -0.39 is 17.2 Å². The Morgan fingerprint density at radius 2 is 1.97 bits per heavy atom. The van der Waals surface area contributed by atoms with Crippen LogP contribution in [0.15, 0.2) is 24.4 Å². The SMILES string of the molecule is Cc1cnc(C(=O)NC(C)C2CC2)c(N2CC[C@](C)(N)C2)c1-c1cc(F)cc(F)c1. The van der Waals surface area contributed by atoms with Crippen LogP contribution in [0.2, 0.25) is 0 Å². The summed E-state index contributed by atoms with van der Waals surface area (Å²) in [6.07, 6.45) is 4.57. The second kappa shape index (κ2) is 7.61. The summed E-state index contributed by atoms with van der Waals surface area (Å²) in [5, 5.41) is 3.06. The number of carbonyl (C=O) groups is 1. The maximum absolute atomic E-state index is 14.0. The van der Waals surface area contributed by atoms with Crippen LogP contribution in [0.1, 0.15) is 49.2 Å². The predicted molar refractivity (Wildman–Crippen MR) is 113 cm³/mol. The first kappa shape index (κ1) is 20.7. The lowest BCUT2D eigenvalue weighted by Crippen LogP contribution is -2.40. The fourth-order valence-corrected chi connectivity index (χ4v) is 4.29. The Labute approximate surface area is 175 Å². The number of aromatic nitrogens is 1. The average Bonchev–Trinajstić information content (AvgIpc) is 3.43. The summed E-state index contributed by atoms with van der Waals surface area (Å²) in [4.78, 5) is 19.7. The van der Waals surface area contributed by atoms with Crippen molar-refractivity contribution < 1.29 is 13.6 Å². The third-order valence-electron chi connectivity index (χ3n) is 6.12. The molecule has 2 aliphatic rings. The van der Waals surface area contributed by atoms with Gasteiger partial charge in [0.15, 0.2) is 5.69 Å². The van der Waals surface area contributed by atoms with Gasteiger partial charge < -0.3 is 16.0 Å². The number of benzene rings is 1. The molecule has 1 aromatic heterocycles. The van der Waals surface area contributed by atoms with Crippen molar-refractivity contribution in [3.05, 3.63) is 47.3 Å². The second-order valence-electron chi connectivity index (χ2n) is 9.10. The Morgan fingerprint density at radius 1 is 1.30 bits per heavy atom. The number of hydrogen-bond acceptors (Lipinski definition) is 4. The Morgan fingerprint density at radius 3 is 2.53 bits per heavy atom. The van der Waals surface area contributed by atoms with Crippen molar-refractivity contribution in [2.24, 2.45) is 11.7 Å². The second-order valence-corrected chi connectivity index (χ2v) is 9.10. The number of nitrogens with two attached hydrogens (primary N) is 1. The first-order valence-corrected chi connectivity index (χ1v) is 10.5. The van der Waals surface area contributed by atoms with Crippen LogP contribution in [0.5, 0.6) is 0 Å². The standard InChI is InChI=1S/C23H28F2N4O/c1-13-11-27-20(22(30)28-14(2)15-4-5-15)21(29-7-6-23(3,26)12-29)19(13)16-8-17(24)10-18(25)9-16/h8-11,14-15H,4-7,12,26H2,1-3H3,(H,28,30)/t14?,23-/m0/s1. The number of halogens is 2. The van der Waals surface area contributed by atoms with Crippen LogP contribution in [-0.2, 0) is 0 Å². The van der Waals surface area contributed by atoms with Gasteiger partial charge in [-0.2, -0.15) is 0 Å². The highest BCUT2D eigenvalue weighted by molar-refractivity contribution is 6.02. The third kappa shape index (κ3) is 4.17. The number of hydrogen-bond donors (Lipinski definition) is 2. The summed E-state index contributed by atoms with van der Waals surface area (Å²) >= 11 is 0. The van der Waals surface area contributed by atoms with Crippen LogP contribution in [0.3, 0.4) is 0 Å². The van der Waals surface area contributed by atoms with Crippen molar-refractivity contribution >= 4 is 11.6 Å². The van der Waals surface area contributed by atoms with E-state index in [1.165, 1.54) is 12.1 Å². The molecule has 1 amide bonds. The maximum Gasteiger partial charge on any atom is 0.272 e. The lowest BCUT2D eigenvalue weighted by atomic mass is 9.97. The van der Waals surface area contributed by atoms with E-state index in [1.807, 2.05) is 25.7 Å². The zero-order valence-corrected chi connectivity index (χ0v) is 17.6. The highest BCUT2D eigenvalue weighted by Crippen LogP contribution is 2.39. The van der Waals surface area contributed by atoms with E-state index in [9.17, 15) is 13.6 Å². The fraction of sp³-hybridized carbons (Fsp3) is 0.478. The number of amides is 1. The Hall–Kier alpha value is -2.54. The first-order chi connectivity index (χ1) is 14.1. The van der Waals surface area contributed by atoms with Crippen LogP contribution in [0.4, 0.5) is 14.5 Å². The van der Waals surface area contributed by atoms with Gasteiger partial charge >= 0.3 is 0 Å². The molecule has 2 atom stereocenters. The highest BCUT2D eigenvalue weighted by Gasteiger charge is 2.35. The number of nitrogens with one attached hydrogen (secondary N) is 1. The molecule has 3 N–H and O–H groups in total. The van der Waals surface area contributed by atoms with Gasteiger partial charge in [0.2, 0.25) is 0 Å². The Kier molecular flexibility index (Phi) is 5.26. The van der Waals surface area contributed by atoms with Gasteiger partial charge in [0, 0.05) is 42.5 Å². The van der Waals surface area contributed by atoms with Gasteiger partial charge in [-0.15, -0.1) is 0 Å². The molecule has 30 heavy (non-hydrogen) atoms. The van der Waals surface area contributed by atoms with Crippen LogP contribution in [0.25, 0.3) is 11.1 Å². The van der Waals surface area contributed by atoms with Crippen LogP contribution < -0.4 is 16.0 Å². The lowest BCUT2D eigenvalue weighted by Gasteiger charge is -2.27. The Balaban J connectivity index is 1.84. The van der Waals surface area contributed by atoms with Crippen LogP contribution >= 0.6 is 0 Å². The minimum absolute atomic E-state index is 0.0573. The van der Waals surface area contributed by atoms with Crippen molar-refractivity contribution in [1.29, 1.82) is 0 Å². The molecule has 0 bridgehead atoms. The van der Waals surface area contributed by atoms with E-state index in [1.54, 1.807) is 6.20 Å². The maximum atomic E-state index is 14.0. The van der Waals surface area contributed by atoms with Crippen molar-refractivity contribution in [2.45, 2.75) is 51.6 Å². The van der Waals surface area contributed by atoms with Gasteiger partial charge in [-0.3, -0.25) is 4.79 Å². The van der Waals surface area contributed by atoms with E-state index in [2.05, 4.69) is 10.3 Å². The molecule has 2 aromatic rings. The number of rotatable bonds is 5. The smallest absolute Gasteiger partial charge is 0.272 e. The molecular formula is C23H28F2N4O. The molecule has 1 aliphatic carbocycles. The number of pyridine rings is 1. The minimum atomic E-state index is -0.661. The summed E-state index contributed by atoms with van der Waals surface area (Å²) in [6.45, 7) is 6.97. The van der Waals surface area contributed by atoms with Gasteiger partial charge in [0.25, 0.3) is 5.91 Å². The van der Waals surface area contributed by atoms with E-state index >= 15 is 0 Å². The topological polar surface area (TPSA) is 71.2 Å². The summed E-state index contributed by atoms with van der Waals surface area (Å²) in [5.41, 5.74) is 8.55. The quantitative estimate of drug-likeness (QED) is 0.781. The van der Waals surface area contributed by atoms with Gasteiger partial charge in [0.05, 0.1) is 5.69 Å². The molecule has 0 radical (unpaired) electrons. The number of anilines is 1. The molecule has 2 heterocycles. The summed E-state index contributed by atoms with van der Waals surface area (Å²) in [5.74, 6) is -1.09. The molecule has 1 saturated carbocycles. The number of carbonyl (C=O) groups excluding carboxylic acids is 1. The van der Waals surface area contributed by atoms with Crippen molar-refractivity contribution in [3.8, 4) is 11.1 Å². The first-order valence-electron chi connectivity index (χ1n) is 10.5.